The Kier molecular flexibility index (Phi) is 9.18. The van der Waals surface area contributed by atoms with Crippen LogP contribution in [0.3, 0.4) is 0 Å². The maximum absolute atomic E-state index is 6.86. The lowest BCUT2D eigenvalue weighted by molar-refractivity contribution is 0.147. The van der Waals surface area contributed by atoms with Crippen LogP contribution >= 0.6 is 7.92 Å². The molecule has 0 aromatic heterocycles. The number of hydrogen-bond donors (Lipinski definition) is 0. The van der Waals surface area contributed by atoms with Crippen LogP contribution in [0.15, 0.2) is 42.5 Å². The van der Waals surface area contributed by atoms with Gasteiger partial charge in [0.05, 0.1) is 17.8 Å². The molecule has 2 aromatic rings. The predicted molar refractivity (Wildman–Crippen MR) is 160 cm³/mol. The van der Waals surface area contributed by atoms with Crippen LogP contribution in [0.2, 0.25) is 0 Å². The summed E-state index contributed by atoms with van der Waals surface area (Å²) in [4.78, 5) is 0. The van der Waals surface area contributed by atoms with Gasteiger partial charge in [0.15, 0.2) is 0 Å². The second kappa shape index (κ2) is 12.5. The first-order valence-electron chi connectivity index (χ1n) is 15.4. The first-order chi connectivity index (χ1) is 18.0. The van der Waals surface area contributed by atoms with Crippen molar-refractivity contribution in [3.05, 3.63) is 42.5 Å². The van der Waals surface area contributed by atoms with Gasteiger partial charge >= 0.3 is 0 Å². The van der Waals surface area contributed by atoms with Crippen molar-refractivity contribution >= 4 is 13.2 Å². The van der Waals surface area contributed by atoms with E-state index in [0.717, 1.165) is 34.7 Å². The Bertz CT molecular complexity index is 948. The molecule has 0 N–H and O–H groups in total. The van der Waals surface area contributed by atoms with E-state index in [1.807, 2.05) is 0 Å². The number of ether oxygens (including phenoxy) is 2. The SMILES string of the molecule is CC(C)[C@H]1CC[C@H](C(C)C)P1c1ccccc1-c1c(OC2CCCCC2)cccc1OC1CCCCC1. The third kappa shape index (κ3) is 6.21. The van der Waals surface area contributed by atoms with Crippen molar-refractivity contribution in [3.63, 3.8) is 0 Å². The minimum Gasteiger partial charge on any atom is -0.490 e. The summed E-state index contributed by atoms with van der Waals surface area (Å²) in [6, 6.07) is 15.9. The molecule has 0 bridgehead atoms. The molecule has 1 aliphatic heterocycles. The van der Waals surface area contributed by atoms with Crippen LogP contribution < -0.4 is 14.8 Å². The molecule has 202 valence electrons. The van der Waals surface area contributed by atoms with Gasteiger partial charge in [0, 0.05) is 0 Å². The summed E-state index contributed by atoms with van der Waals surface area (Å²) < 4.78 is 13.7. The quantitative estimate of drug-likeness (QED) is 0.323. The normalized spacial score (nSPS) is 24.2. The minimum atomic E-state index is -0.265. The summed E-state index contributed by atoms with van der Waals surface area (Å²) in [5, 5.41) is 1.58. The molecule has 1 saturated heterocycles. The summed E-state index contributed by atoms with van der Waals surface area (Å²) in [5.41, 5.74) is 4.19. The molecule has 3 fully saturated rings. The van der Waals surface area contributed by atoms with Gasteiger partial charge < -0.3 is 9.47 Å². The Morgan fingerprint density at radius 3 is 1.57 bits per heavy atom. The van der Waals surface area contributed by atoms with Crippen LogP contribution in [-0.2, 0) is 0 Å². The molecule has 0 amide bonds. The average Bonchev–Trinajstić information content (AvgIpc) is 3.36. The minimum absolute atomic E-state index is 0.265. The summed E-state index contributed by atoms with van der Waals surface area (Å²) in [6.45, 7) is 9.79. The Balaban J connectivity index is 1.60. The van der Waals surface area contributed by atoms with E-state index in [1.165, 1.54) is 88.2 Å². The Labute approximate surface area is 227 Å². The van der Waals surface area contributed by atoms with Crippen LogP contribution in [0.5, 0.6) is 11.5 Å². The standard InChI is InChI=1S/C34H49O2P/c1-24(2)31-22-23-32(25(3)4)37(31)33-21-12-11-18-28(33)34-29(35-26-14-7-5-8-15-26)19-13-20-30(34)36-27-16-9-6-10-17-27/h11-13,18-21,24-27,31-32H,5-10,14-17,22-23H2,1-4H3/t31-,32-/m1/s1. The van der Waals surface area contributed by atoms with Crippen molar-refractivity contribution in [2.75, 3.05) is 0 Å². The monoisotopic (exact) mass is 520 g/mol. The Hall–Kier alpha value is -1.53. The van der Waals surface area contributed by atoms with E-state index < -0.39 is 0 Å². The van der Waals surface area contributed by atoms with Crippen LogP contribution in [0, 0.1) is 11.8 Å². The largest absolute Gasteiger partial charge is 0.490 e. The summed E-state index contributed by atoms with van der Waals surface area (Å²) >= 11 is 0. The summed E-state index contributed by atoms with van der Waals surface area (Å²) in [5.74, 6) is 3.53. The van der Waals surface area contributed by atoms with Gasteiger partial charge in [0.1, 0.15) is 11.5 Å². The molecule has 3 heteroatoms. The molecular weight excluding hydrogens is 471 g/mol. The third-order valence-electron chi connectivity index (χ3n) is 9.14. The van der Waals surface area contributed by atoms with E-state index in [9.17, 15) is 0 Å². The molecule has 2 saturated carbocycles. The van der Waals surface area contributed by atoms with Gasteiger partial charge in [-0.15, -0.1) is 0 Å². The van der Waals surface area contributed by atoms with Crippen molar-refractivity contribution in [2.45, 2.75) is 128 Å². The fraction of sp³-hybridized carbons (Fsp3) is 0.647. The molecule has 2 aromatic carbocycles. The predicted octanol–water partition coefficient (Wildman–Crippen LogP) is 9.73. The van der Waals surface area contributed by atoms with Crippen molar-refractivity contribution in [3.8, 4) is 22.6 Å². The van der Waals surface area contributed by atoms with E-state index in [-0.39, 0.29) is 7.92 Å². The summed E-state index contributed by atoms with van der Waals surface area (Å²) in [7, 11) is -0.265. The maximum Gasteiger partial charge on any atom is 0.131 e. The van der Waals surface area contributed by atoms with E-state index in [2.05, 4.69) is 70.2 Å². The van der Waals surface area contributed by atoms with Crippen LogP contribution in [0.25, 0.3) is 11.1 Å². The van der Waals surface area contributed by atoms with Gasteiger partial charge in [-0.05, 0) is 110 Å². The maximum atomic E-state index is 6.86. The van der Waals surface area contributed by atoms with Gasteiger partial charge in [-0.25, -0.2) is 0 Å². The zero-order valence-electron chi connectivity index (χ0n) is 23.8. The molecular formula is C34H49O2P. The third-order valence-corrected chi connectivity index (χ3v) is 13.2. The zero-order chi connectivity index (χ0) is 25.8. The van der Waals surface area contributed by atoms with E-state index in [0.29, 0.717) is 12.2 Å². The number of rotatable bonds is 8. The van der Waals surface area contributed by atoms with Crippen molar-refractivity contribution in [2.24, 2.45) is 11.8 Å². The van der Waals surface area contributed by atoms with Crippen molar-refractivity contribution in [1.82, 2.24) is 0 Å². The van der Waals surface area contributed by atoms with Gasteiger partial charge in [-0.3, -0.25) is 0 Å². The fourth-order valence-electron chi connectivity index (χ4n) is 7.14. The second-order valence-electron chi connectivity index (χ2n) is 12.5. The number of hydrogen-bond acceptors (Lipinski definition) is 2. The highest BCUT2D eigenvalue weighted by Crippen LogP contribution is 2.61. The van der Waals surface area contributed by atoms with E-state index in [4.69, 9.17) is 9.47 Å². The molecule has 5 rings (SSSR count). The van der Waals surface area contributed by atoms with E-state index >= 15 is 0 Å². The highest BCUT2D eigenvalue weighted by atomic mass is 31.1. The smallest absolute Gasteiger partial charge is 0.131 e. The van der Waals surface area contributed by atoms with Crippen molar-refractivity contribution < 1.29 is 9.47 Å². The average molecular weight is 521 g/mol. The van der Waals surface area contributed by atoms with Gasteiger partial charge in [0.25, 0.3) is 0 Å². The molecule has 2 atom stereocenters. The van der Waals surface area contributed by atoms with Gasteiger partial charge in [-0.2, -0.15) is 0 Å². The van der Waals surface area contributed by atoms with Gasteiger partial charge in [-0.1, -0.05) is 78.8 Å². The Morgan fingerprint density at radius 2 is 1.08 bits per heavy atom. The molecule has 37 heavy (non-hydrogen) atoms. The molecule has 2 nitrogen and oxygen atoms in total. The molecule has 3 aliphatic rings. The first kappa shape index (κ1) is 27.1. The second-order valence-corrected chi connectivity index (χ2v) is 15.1. The summed E-state index contributed by atoms with van der Waals surface area (Å²) in [6.07, 6.45) is 15.9. The van der Waals surface area contributed by atoms with Gasteiger partial charge in [0.2, 0.25) is 0 Å². The lowest BCUT2D eigenvalue weighted by atomic mass is 9.96. The van der Waals surface area contributed by atoms with Crippen LogP contribution in [0.4, 0.5) is 0 Å². The highest BCUT2D eigenvalue weighted by Gasteiger charge is 2.41. The highest BCUT2D eigenvalue weighted by molar-refractivity contribution is 7.67. The molecule has 0 radical (unpaired) electrons. The van der Waals surface area contributed by atoms with Crippen molar-refractivity contribution in [1.29, 1.82) is 0 Å². The lowest BCUT2D eigenvalue weighted by Crippen LogP contribution is -2.24. The van der Waals surface area contributed by atoms with Crippen LogP contribution in [0.1, 0.15) is 105 Å². The number of benzene rings is 2. The Morgan fingerprint density at radius 1 is 0.595 bits per heavy atom. The molecule has 1 heterocycles. The van der Waals surface area contributed by atoms with Crippen LogP contribution in [-0.4, -0.2) is 23.5 Å². The molecule has 0 spiro atoms. The lowest BCUT2D eigenvalue weighted by Gasteiger charge is -2.33. The fourth-order valence-corrected chi connectivity index (χ4v) is 11.2. The molecule has 0 unspecified atom stereocenters. The zero-order valence-corrected chi connectivity index (χ0v) is 24.6. The van der Waals surface area contributed by atoms with E-state index in [1.54, 1.807) is 5.30 Å². The first-order valence-corrected chi connectivity index (χ1v) is 16.8. The molecule has 2 aliphatic carbocycles. The topological polar surface area (TPSA) is 18.5 Å².